The zero-order chi connectivity index (χ0) is 23.9. The van der Waals surface area contributed by atoms with E-state index in [1.54, 1.807) is 36.4 Å². The second-order valence-electron chi connectivity index (χ2n) is 7.10. The van der Waals surface area contributed by atoms with Gasteiger partial charge in [-0.2, -0.15) is 0 Å². The predicted molar refractivity (Wildman–Crippen MR) is 119 cm³/mol. The first kappa shape index (κ1) is 27.3. The van der Waals surface area contributed by atoms with E-state index in [4.69, 9.17) is 10.3 Å². The van der Waals surface area contributed by atoms with Crippen LogP contribution in [-0.4, -0.2) is 69.8 Å². The van der Waals surface area contributed by atoms with E-state index in [0.717, 1.165) is 4.90 Å². The van der Waals surface area contributed by atoms with E-state index in [1.807, 2.05) is 0 Å². The quantitative estimate of drug-likeness (QED) is 0.167. The van der Waals surface area contributed by atoms with Gasteiger partial charge in [-0.3, -0.25) is 19.6 Å². The Hall–Kier alpha value is -3.75. The first-order valence-electron chi connectivity index (χ1n) is 9.64. The van der Waals surface area contributed by atoms with Gasteiger partial charge in [0.2, 0.25) is 0 Å². The number of aliphatic hydroxyl groups is 2. The summed E-state index contributed by atoms with van der Waals surface area (Å²) in [6.07, 6.45) is -0.936. The zero-order valence-electron chi connectivity index (χ0n) is 18.4. The van der Waals surface area contributed by atoms with Gasteiger partial charge in [0.1, 0.15) is 6.10 Å². The van der Waals surface area contributed by atoms with Gasteiger partial charge in [0, 0.05) is 30.8 Å². The van der Waals surface area contributed by atoms with Crippen molar-refractivity contribution in [1.29, 1.82) is 0 Å². The number of rotatable bonds is 6. The molecule has 33 heavy (non-hydrogen) atoms. The summed E-state index contributed by atoms with van der Waals surface area (Å²) in [7, 11) is 2.61. The van der Waals surface area contributed by atoms with Crippen molar-refractivity contribution >= 4 is 17.7 Å². The molecule has 0 aromatic heterocycles. The van der Waals surface area contributed by atoms with Crippen LogP contribution in [0.5, 0.6) is 0 Å². The summed E-state index contributed by atoms with van der Waals surface area (Å²) in [5, 5.41) is 29.9. The van der Waals surface area contributed by atoms with Crippen molar-refractivity contribution in [1.82, 2.24) is 15.7 Å². The molecule has 0 aliphatic rings. The fraction of sp³-hybridized carbons (Fsp3) is 0.261. The van der Waals surface area contributed by atoms with Crippen LogP contribution in [0.1, 0.15) is 40.1 Å². The lowest BCUT2D eigenvalue weighted by Crippen LogP contribution is -2.64. The molecule has 2 rings (SSSR count). The second kappa shape index (κ2) is 11.8. The van der Waals surface area contributed by atoms with Gasteiger partial charge in [-0.15, -0.1) is 0 Å². The molecule has 0 aliphatic heterocycles. The highest BCUT2D eigenvalue weighted by atomic mass is 16.5. The minimum absolute atomic E-state index is 0. The van der Waals surface area contributed by atoms with Gasteiger partial charge in [0.15, 0.2) is 5.54 Å². The number of carbonyl (C=O) groups excluding carboxylic acids is 3. The third-order valence-corrected chi connectivity index (χ3v) is 5.14. The van der Waals surface area contributed by atoms with Gasteiger partial charge >= 0.3 is 0 Å². The molecular weight excluding hydrogens is 430 g/mol. The molecule has 10 heteroatoms. The highest BCUT2D eigenvalue weighted by molar-refractivity contribution is 6.12. The first-order chi connectivity index (χ1) is 15.2. The zero-order valence-corrected chi connectivity index (χ0v) is 18.4. The number of amides is 3. The summed E-state index contributed by atoms with van der Waals surface area (Å²) >= 11 is 0. The Bertz CT molecular complexity index is 1020. The monoisotopic (exact) mass is 457 g/mol. The van der Waals surface area contributed by atoms with E-state index in [1.165, 1.54) is 38.6 Å². The van der Waals surface area contributed by atoms with Crippen LogP contribution >= 0.6 is 0 Å². The number of carbonyl (C=O) groups is 3. The van der Waals surface area contributed by atoms with Gasteiger partial charge in [0.25, 0.3) is 17.7 Å². The summed E-state index contributed by atoms with van der Waals surface area (Å²) in [6, 6.07) is 13.1. The molecule has 3 amide bonds. The molecule has 0 spiro atoms. The second-order valence-corrected chi connectivity index (χ2v) is 7.10. The third kappa shape index (κ3) is 5.94. The Kier molecular flexibility index (Phi) is 9.72. The Morgan fingerprint density at radius 3 is 1.91 bits per heavy atom. The molecule has 10 nitrogen and oxygen atoms in total. The van der Waals surface area contributed by atoms with Crippen LogP contribution in [0.3, 0.4) is 0 Å². The van der Waals surface area contributed by atoms with Gasteiger partial charge in [-0.1, -0.05) is 24.0 Å². The molecular formula is C23H27N3O7. The Labute approximate surface area is 191 Å². The van der Waals surface area contributed by atoms with E-state index >= 15 is 0 Å². The smallest absolute Gasteiger partial charge is 0.278 e. The minimum atomic E-state index is -1.96. The third-order valence-electron chi connectivity index (χ3n) is 5.14. The number of nitrogens with one attached hydrogen (secondary N) is 2. The molecule has 0 aliphatic carbocycles. The average Bonchev–Trinajstić information content (AvgIpc) is 2.85. The van der Waals surface area contributed by atoms with Crippen LogP contribution in [0.2, 0.25) is 0 Å². The summed E-state index contributed by atoms with van der Waals surface area (Å²) in [6.45, 7) is 0.859. The molecule has 176 valence electrons. The average molecular weight is 457 g/mol. The van der Waals surface area contributed by atoms with Crippen molar-refractivity contribution < 1.29 is 35.3 Å². The summed E-state index contributed by atoms with van der Waals surface area (Å²) in [5.41, 5.74) is 1.61. The lowest BCUT2D eigenvalue weighted by atomic mass is 9.96. The predicted octanol–water partition coefficient (Wildman–Crippen LogP) is -0.630. The highest BCUT2D eigenvalue weighted by Crippen LogP contribution is 2.18. The maximum atomic E-state index is 12.8. The van der Waals surface area contributed by atoms with Crippen LogP contribution in [0.15, 0.2) is 48.5 Å². The number of hydrogen-bond acceptors (Lipinski definition) is 6. The molecule has 7 N–H and O–H groups in total. The van der Waals surface area contributed by atoms with E-state index in [9.17, 15) is 19.5 Å². The molecule has 0 unspecified atom stereocenters. The van der Waals surface area contributed by atoms with Gasteiger partial charge < -0.3 is 25.9 Å². The summed E-state index contributed by atoms with van der Waals surface area (Å²) in [4.78, 5) is 38.1. The standard InChI is InChI=1S/C23H25N3O6.H2O/c1-23(21(30)24-2,22(31)25-32)26(3)20(29)18-12-8-16(9-13-18)5-4-15-6-10-17(11-7-15)19(28)14-27;/h6-13,19,27-28,32H,14H2,1-3H3,(H,24,30)(H,25,31);1H2/t19-,23+;/m1./s1. The van der Waals surface area contributed by atoms with Crippen LogP contribution in [0.4, 0.5) is 0 Å². The van der Waals surface area contributed by atoms with Crippen molar-refractivity contribution in [3.63, 3.8) is 0 Å². The number of nitrogens with zero attached hydrogens (tertiary/aromatic N) is 1. The van der Waals surface area contributed by atoms with Crippen LogP contribution in [-0.2, 0) is 9.59 Å². The molecule has 0 saturated heterocycles. The summed E-state index contributed by atoms with van der Waals surface area (Å²) < 4.78 is 0. The maximum absolute atomic E-state index is 12.8. The van der Waals surface area contributed by atoms with Gasteiger partial charge in [-0.05, 0) is 48.9 Å². The fourth-order valence-corrected chi connectivity index (χ4v) is 2.89. The molecule has 0 radical (unpaired) electrons. The highest BCUT2D eigenvalue weighted by Gasteiger charge is 2.47. The fourth-order valence-electron chi connectivity index (χ4n) is 2.89. The Morgan fingerprint density at radius 1 is 1.00 bits per heavy atom. The molecule has 0 heterocycles. The molecule has 2 atom stereocenters. The van der Waals surface area contributed by atoms with Crippen molar-refractivity contribution in [2.24, 2.45) is 0 Å². The first-order valence-corrected chi connectivity index (χ1v) is 9.64. The van der Waals surface area contributed by atoms with E-state index in [2.05, 4.69) is 17.2 Å². The number of hydrogen-bond donors (Lipinski definition) is 5. The normalized spacial score (nSPS) is 12.7. The Morgan fingerprint density at radius 2 is 1.48 bits per heavy atom. The van der Waals surface area contributed by atoms with Gasteiger partial charge in [0.05, 0.1) is 6.61 Å². The van der Waals surface area contributed by atoms with Gasteiger partial charge in [-0.25, -0.2) is 5.48 Å². The largest absolute Gasteiger partial charge is 0.412 e. The molecule has 2 aromatic rings. The van der Waals surface area contributed by atoms with Crippen molar-refractivity contribution in [2.45, 2.75) is 18.6 Å². The topological polar surface area (TPSA) is 171 Å². The lowest BCUT2D eigenvalue weighted by molar-refractivity contribution is -0.148. The van der Waals surface area contributed by atoms with E-state index in [0.29, 0.717) is 16.7 Å². The number of aliphatic hydroxyl groups excluding tert-OH is 2. The van der Waals surface area contributed by atoms with Crippen molar-refractivity contribution in [3.8, 4) is 11.8 Å². The number of hydroxylamine groups is 1. The molecule has 0 saturated carbocycles. The summed E-state index contributed by atoms with van der Waals surface area (Å²) in [5.74, 6) is 3.51. The van der Waals surface area contributed by atoms with Crippen LogP contribution in [0, 0.1) is 11.8 Å². The number of benzene rings is 2. The van der Waals surface area contributed by atoms with Crippen molar-refractivity contribution in [2.75, 3.05) is 20.7 Å². The minimum Gasteiger partial charge on any atom is -0.412 e. The molecule has 0 bridgehead atoms. The molecule has 2 aromatic carbocycles. The lowest BCUT2D eigenvalue weighted by Gasteiger charge is -2.34. The maximum Gasteiger partial charge on any atom is 0.278 e. The van der Waals surface area contributed by atoms with E-state index in [-0.39, 0.29) is 17.6 Å². The van der Waals surface area contributed by atoms with Crippen LogP contribution < -0.4 is 10.8 Å². The van der Waals surface area contributed by atoms with Crippen molar-refractivity contribution in [3.05, 3.63) is 70.8 Å². The SMILES string of the molecule is CNC(=O)[C@@](C)(C(=O)NO)N(C)C(=O)c1ccc(C#Cc2ccc([C@H](O)CO)cc2)cc1.O. The number of likely N-dealkylation sites (N-methyl/N-ethyl adjacent to an activating group) is 2. The van der Waals surface area contributed by atoms with Crippen LogP contribution in [0.25, 0.3) is 0 Å². The van der Waals surface area contributed by atoms with E-state index < -0.39 is 29.4 Å². The Balaban J connectivity index is 0.00000544. The molecule has 0 fully saturated rings.